The second-order valence-corrected chi connectivity index (χ2v) is 5.73. The van der Waals surface area contributed by atoms with Crippen molar-refractivity contribution in [3.63, 3.8) is 0 Å². The van der Waals surface area contributed by atoms with Crippen LogP contribution in [0.3, 0.4) is 0 Å². The molecule has 4 N–H and O–H groups in total. The smallest absolute Gasteiger partial charge is 0.248 e. The van der Waals surface area contributed by atoms with E-state index in [9.17, 15) is 4.79 Å². The Hall–Kier alpha value is -2.02. The van der Waals surface area contributed by atoms with Crippen LogP contribution in [-0.4, -0.2) is 20.7 Å². The van der Waals surface area contributed by atoms with Gasteiger partial charge in [-0.05, 0) is 30.5 Å². The highest BCUT2D eigenvalue weighted by molar-refractivity contribution is 7.98. The van der Waals surface area contributed by atoms with Crippen LogP contribution in [-0.2, 0) is 5.75 Å². The highest BCUT2D eigenvalue weighted by Gasteiger charge is 2.28. The standard InChI is InChI=1S/C13H15N5OS/c14-11(19)9-3-1-8(2-4-9)7-20-13-17-16-12(15)18(13)10-5-6-10/h1-4,10H,5-7H2,(H2,14,19)(H2,15,16). The number of amides is 1. The fraction of sp³-hybridized carbons (Fsp3) is 0.308. The van der Waals surface area contributed by atoms with Gasteiger partial charge in [0.2, 0.25) is 11.9 Å². The lowest BCUT2D eigenvalue weighted by Gasteiger charge is -2.06. The highest BCUT2D eigenvalue weighted by Crippen LogP contribution is 2.39. The van der Waals surface area contributed by atoms with Crippen molar-refractivity contribution in [3.05, 3.63) is 35.4 Å². The van der Waals surface area contributed by atoms with Crippen LogP contribution in [0.1, 0.15) is 34.8 Å². The summed E-state index contributed by atoms with van der Waals surface area (Å²) in [5.74, 6) is 0.828. The largest absolute Gasteiger partial charge is 0.368 e. The van der Waals surface area contributed by atoms with Gasteiger partial charge in [-0.3, -0.25) is 9.36 Å². The molecule has 0 aliphatic heterocycles. The summed E-state index contributed by atoms with van der Waals surface area (Å²) < 4.78 is 2.00. The number of aromatic nitrogens is 3. The molecule has 0 bridgehead atoms. The number of hydrogen-bond acceptors (Lipinski definition) is 5. The van der Waals surface area contributed by atoms with E-state index in [1.807, 2.05) is 16.7 Å². The van der Waals surface area contributed by atoms with Gasteiger partial charge in [-0.15, -0.1) is 10.2 Å². The molecule has 0 radical (unpaired) electrons. The Balaban J connectivity index is 1.69. The van der Waals surface area contributed by atoms with Gasteiger partial charge < -0.3 is 11.5 Å². The van der Waals surface area contributed by atoms with Crippen molar-refractivity contribution >= 4 is 23.6 Å². The molecule has 1 aliphatic carbocycles. The molecular formula is C13H15N5OS. The number of nitrogens with two attached hydrogens (primary N) is 2. The molecule has 7 heteroatoms. The molecule has 20 heavy (non-hydrogen) atoms. The quantitative estimate of drug-likeness (QED) is 0.814. The average Bonchev–Trinajstić information content (AvgIpc) is 3.21. The van der Waals surface area contributed by atoms with Gasteiger partial charge in [0.1, 0.15) is 0 Å². The molecule has 0 unspecified atom stereocenters. The molecule has 6 nitrogen and oxygen atoms in total. The zero-order valence-electron chi connectivity index (χ0n) is 10.8. The van der Waals surface area contributed by atoms with Gasteiger partial charge in [0.25, 0.3) is 0 Å². The summed E-state index contributed by atoms with van der Waals surface area (Å²) in [7, 11) is 0. The van der Waals surface area contributed by atoms with E-state index in [0.29, 0.717) is 17.6 Å². The first-order valence-electron chi connectivity index (χ1n) is 6.37. The van der Waals surface area contributed by atoms with Crippen LogP contribution in [0.15, 0.2) is 29.4 Å². The molecule has 2 aromatic rings. The third-order valence-corrected chi connectivity index (χ3v) is 4.22. The third kappa shape index (κ3) is 2.62. The summed E-state index contributed by atoms with van der Waals surface area (Å²) in [6.45, 7) is 0. The molecule has 1 aromatic heterocycles. The number of hydrogen-bond donors (Lipinski definition) is 2. The minimum Gasteiger partial charge on any atom is -0.368 e. The minimum absolute atomic E-state index is 0.412. The fourth-order valence-electron chi connectivity index (χ4n) is 1.98. The lowest BCUT2D eigenvalue weighted by molar-refractivity contribution is 0.100. The van der Waals surface area contributed by atoms with Crippen LogP contribution in [0.5, 0.6) is 0 Å². The van der Waals surface area contributed by atoms with Crippen LogP contribution >= 0.6 is 11.8 Å². The number of anilines is 1. The van der Waals surface area contributed by atoms with Gasteiger partial charge >= 0.3 is 0 Å². The van der Waals surface area contributed by atoms with Crippen molar-refractivity contribution in [2.24, 2.45) is 5.73 Å². The number of benzene rings is 1. The van der Waals surface area contributed by atoms with Crippen LogP contribution in [0.4, 0.5) is 5.95 Å². The van der Waals surface area contributed by atoms with Gasteiger partial charge in [0, 0.05) is 17.4 Å². The van der Waals surface area contributed by atoms with Crippen molar-refractivity contribution in [3.8, 4) is 0 Å². The normalized spacial score (nSPS) is 14.4. The van der Waals surface area contributed by atoms with Gasteiger partial charge in [-0.1, -0.05) is 23.9 Å². The molecule has 1 saturated carbocycles. The number of nitrogen functional groups attached to an aromatic ring is 1. The van der Waals surface area contributed by atoms with Crippen molar-refractivity contribution in [2.45, 2.75) is 29.8 Å². The molecular weight excluding hydrogens is 274 g/mol. The maximum absolute atomic E-state index is 11.0. The Morgan fingerprint density at radius 1 is 1.30 bits per heavy atom. The Labute approximate surface area is 120 Å². The number of primary amides is 1. The second kappa shape index (κ2) is 5.16. The first-order valence-corrected chi connectivity index (χ1v) is 7.35. The summed E-state index contributed by atoms with van der Waals surface area (Å²) >= 11 is 1.60. The predicted molar refractivity (Wildman–Crippen MR) is 77.2 cm³/mol. The number of rotatable bonds is 5. The number of carbonyl (C=O) groups excluding carboxylic acids is 1. The monoisotopic (exact) mass is 289 g/mol. The Bertz CT molecular complexity index is 633. The summed E-state index contributed by atoms with van der Waals surface area (Å²) in [6.07, 6.45) is 2.28. The Morgan fingerprint density at radius 3 is 2.60 bits per heavy atom. The lowest BCUT2D eigenvalue weighted by atomic mass is 10.1. The van der Waals surface area contributed by atoms with E-state index >= 15 is 0 Å². The van der Waals surface area contributed by atoms with E-state index in [-0.39, 0.29) is 0 Å². The first kappa shape index (κ1) is 13.0. The van der Waals surface area contributed by atoms with Crippen molar-refractivity contribution in [2.75, 3.05) is 5.73 Å². The SMILES string of the molecule is NC(=O)c1ccc(CSc2nnc(N)n2C2CC2)cc1. The summed E-state index contributed by atoms with van der Waals surface area (Å²) in [4.78, 5) is 11.0. The molecule has 0 spiro atoms. The molecule has 1 amide bonds. The topological polar surface area (TPSA) is 99.8 Å². The maximum atomic E-state index is 11.0. The molecule has 1 aromatic carbocycles. The summed E-state index contributed by atoms with van der Waals surface area (Å²) in [6, 6.07) is 7.73. The van der Waals surface area contributed by atoms with Crippen molar-refractivity contribution < 1.29 is 4.79 Å². The van der Waals surface area contributed by atoms with E-state index in [2.05, 4.69) is 10.2 Å². The predicted octanol–water partition coefficient (Wildman–Crippen LogP) is 1.59. The van der Waals surface area contributed by atoms with Crippen LogP contribution in [0.2, 0.25) is 0 Å². The van der Waals surface area contributed by atoms with Gasteiger partial charge in [-0.2, -0.15) is 0 Å². The third-order valence-electron chi connectivity index (χ3n) is 3.21. The van der Waals surface area contributed by atoms with E-state index in [1.54, 1.807) is 23.9 Å². The maximum Gasteiger partial charge on any atom is 0.248 e. The molecule has 0 atom stereocenters. The van der Waals surface area contributed by atoms with Crippen LogP contribution in [0.25, 0.3) is 0 Å². The molecule has 1 aliphatic rings. The molecule has 0 saturated heterocycles. The van der Waals surface area contributed by atoms with Gasteiger partial charge in [-0.25, -0.2) is 0 Å². The molecule has 1 heterocycles. The Kier molecular flexibility index (Phi) is 3.35. The minimum atomic E-state index is -0.412. The second-order valence-electron chi connectivity index (χ2n) is 4.79. The first-order chi connectivity index (χ1) is 9.65. The van der Waals surface area contributed by atoms with Gasteiger partial charge in [0.05, 0.1) is 0 Å². The lowest BCUT2D eigenvalue weighted by Crippen LogP contribution is -2.10. The van der Waals surface area contributed by atoms with E-state index in [0.717, 1.165) is 29.3 Å². The van der Waals surface area contributed by atoms with E-state index in [4.69, 9.17) is 11.5 Å². The molecule has 104 valence electrons. The number of thioether (sulfide) groups is 1. The number of carbonyl (C=O) groups is 1. The van der Waals surface area contributed by atoms with Crippen LogP contribution < -0.4 is 11.5 Å². The summed E-state index contributed by atoms with van der Waals surface area (Å²) in [5, 5.41) is 8.90. The number of nitrogens with zero attached hydrogens (tertiary/aromatic N) is 3. The van der Waals surface area contributed by atoms with Gasteiger partial charge in [0.15, 0.2) is 5.16 Å². The Morgan fingerprint density at radius 2 is 2.00 bits per heavy atom. The van der Waals surface area contributed by atoms with Crippen LogP contribution in [0, 0.1) is 0 Å². The zero-order chi connectivity index (χ0) is 14.1. The molecule has 3 rings (SSSR count). The zero-order valence-corrected chi connectivity index (χ0v) is 11.6. The van der Waals surface area contributed by atoms with E-state index < -0.39 is 5.91 Å². The fourth-order valence-corrected chi connectivity index (χ4v) is 2.94. The molecule has 1 fully saturated rings. The summed E-state index contributed by atoms with van der Waals surface area (Å²) in [5.41, 5.74) is 12.7. The van der Waals surface area contributed by atoms with Crippen molar-refractivity contribution in [1.29, 1.82) is 0 Å². The highest BCUT2D eigenvalue weighted by atomic mass is 32.2. The van der Waals surface area contributed by atoms with E-state index in [1.165, 1.54) is 0 Å². The van der Waals surface area contributed by atoms with Crippen molar-refractivity contribution in [1.82, 2.24) is 14.8 Å². The average molecular weight is 289 g/mol.